The van der Waals surface area contributed by atoms with Crippen molar-refractivity contribution in [2.75, 3.05) is 23.7 Å². The maximum Gasteiger partial charge on any atom is 0.232 e. The van der Waals surface area contributed by atoms with Crippen LogP contribution in [0.3, 0.4) is 0 Å². The Labute approximate surface area is 186 Å². The Bertz CT molecular complexity index is 1060. The van der Waals surface area contributed by atoms with Gasteiger partial charge in [0.2, 0.25) is 10.0 Å². The minimum atomic E-state index is -3.44. The van der Waals surface area contributed by atoms with Crippen molar-refractivity contribution in [2.45, 2.75) is 12.1 Å². The number of likely N-dealkylation sites (tertiary alicyclic amines) is 1. The van der Waals surface area contributed by atoms with Crippen LogP contribution in [0, 0.1) is 0 Å². The van der Waals surface area contributed by atoms with Crippen molar-refractivity contribution in [3.63, 3.8) is 0 Å². The normalized spacial score (nSPS) is 15.2. The second kappa shape index (κ2) is 8.55. The molecule has 0 spiro atoms. The van der Waals surface area contributed by atoms with E-state index in [2.05, 4.69) is 9.88 Å². The second-order valence-electron chi connectivity index (χ2n) is 7.38. The van der Waals surface area contributed by atoms with Crippen LogP contribution in [0.1, 0.15) is 17.2 Å². The molecule has 1 saturated heterocycles. The molecule has 0 radical (unpaired) electrons. The summed E-state index contributed by atoms with van der Waals surface area (Å²) < 4.78 is 26.5. The molecule has 1 aliphatic heterocycles. The van der Waals surface area contributed by atoms with Gasteiger partial charge in [0, 0.05) is 29.3 Å². The molecular formula is C22H21Cl2N3O2S. The lowest BCUT2D eigenvalue weighted by atomic mass is 9.93. The lowest BCUT2D eigenvalue weighted by Gasteiger charge is -2.48. The molecule has 0 aliphatic carbocycles. The van der Waals surface area contributed by atoms with Gasteiger partial charge in [0.05, 0.1) is 30.2 Å². The Balaban J connectivity index is 1.62. The van der Waals surface area contributed by atoms with Crippen LogP contribution in [0.2, 0.25) is 10.0 Å². The van der Waals surface area contributed by atoms with Gasteiger partial charge >= 0.3 is 0 Å². The third kappa shape index (κ3) is 4.47. The van der Waals surface area contributed by atoms with Crippen LogP contribution in [0.4, 0.5) is 5.69 Å². The summed E-state index contributed by atoms with van der Waals surface area (Å²) >= 11 is 12.2. The summed E-state index contributed by atoms with van der Waals surface area (Å²) in [6.07, 6.45) is 4.45. The number of benzene rings is 2. The highest BCUT2D eigenvalue weighted by Gasteiger charge is 2.40. The minimum absolute atomic E-state index is 0.0221. The lowest BCUT2D eigenvalue weighted by Crippen LogP contribution is -2.61. The highest BCUT2D eigenvalue weighted by atomic mass is 35.5. The largest absolute Gasteiger partial charge is 0.288 e. The zero-order valence-electron chi connectivity index (χ0n) is 16.3. The van der Waals surface area contributed by atoms with Crippen LogP contribution in [0.25, 0.3) is 0 Å². The topological polar surface area (TPSA) is 53.5 Å². The van der Waals surface area contributed by atoms with Crippen LogP contribution in [0.5, 0.6) is 0 Å². The predicted molar refractivity (Wildman–Crippen MR) is 122 cm³/mol. The van der Waals surface area contributed by atoms with Crippen LogP contribution in [-0.2, 0) is 10.0 Å². The molecule has 0 bridgehead atoms. The van der Waals surface area contributed by atoms with E-state index in [0.717, 1.165) is 11.1 Å². The molecule has 4 rings (SSSR count). The number of pyridine rings is 1. The van der Waals surface area contributed by atoms with E-state index in [1.54, 1.807) is 24.5 Å². The Kier molecular flexibility index (Phi) is 6.02. The quantitative estimate of drug-likeness (QED) is 0.536. The van der Waals surface area contributed by atoms with Crippen LogP contribution in [0.15, 0.2) is 73.1 Å². The Morgan fingerprint density at radius 1 is 0.967 bits per heavy atom. The van der Waals surface area contributed by atoms with Crippen molar-refractivity contribution in [3.05, 3.63) is 94.2 Å². The number of anilines is 1. The molecule has 0 amide bonds. The summed E-state index contributed by atoms with van der Waals surface area (Å²) in [5.41, 5.74) is 2.76. The smallest absolute Gasteiger partial charge is 0.232 e. The fraction of sp³-hybridized carbons (Fsp3) is 0.227. The second-order valence-corrected chi connectivity index (χ2v) is 10.1. The van der Waals surface area contributed by atoms with Gasteiger partial charge < -0.3 is 0 Å². The lowest BCUT2D eigenvalue weighted by molar-refractivity contribution is 0.116. The van der Waals surface area contributed by atoms with Crippen molar-refractivity contribution in [1.82, 2.24) is 9.88 Å². The van der Waals surface area contributed by atoms with Crippen molar-refractivity contribution in [1.29, 1.82) is 0 Å². The van der Waals surface area contributed by atoms with E-state index >= 15 is 0 Å². The molecule has 1 fully saturated rings. The third-order valence-electron chi connectivity index (χ3n) is 5.22. The fourth-order valence-corrected chi connectivity index (χ4v) is 5.33. The molecule has 1 aliphatic rings. The van der Waals surface area contributed by atoms with Gasteiger partial charge in [-0.2, -0.15) is 0 Å². The summed E-state index contributed by atoms with van der Waals surface area (Å²) in [6, 6.07) is 18.8. The number of aromatic nitrogens is 1. The van der Waals surface area contributed by atoms with Crippen molar-refractivity contribution >= 4 is 38.9 Å². The summed E-state index contributed by atoms with van der Waals surface area (Å²) in [6.45, 7) is 1.19. The molecule has 30 heavy (non-hydrogen) atoms. The molecule has 0 saturated carbocycles. The van der Waals surface area contributed by atoms with Gasteiger partial charge in [-0.1, -0.05) is 47.5 Å². The van der Waals surface area contributed by atoms with Gasteiger partial charge in [-0.3, -0.25) is 14.2 Å². The fourth-order valence-electron chi connectivity index (χ4n) is 3.91. The van der Waals surface area contributed by atoms with E-state index < -0.39 is 10.0 Å². The number of nitrogens with zero attached hydrogens (tertiary/aromatic N) is 3. The minimum Gasteiger partial charge on any atom is -0.288 e. The first-order valence-electron chi connectivity index (χ1n) is 9.47. The summed E-state index contributed by atoms with van der Waals surface area (Å²) in [7, 11) is -3.44. The van der Waals surface area contributed by atoms with Gasteiger partial charge in [0.15, 0.2) is 0 Å². The van der Waals surface area contributed by atoms with Gasteiger partial charge in [0.25, 0.3) is 0 Å². The zero-order valence-corrected chi connectivity index (χ0v) is 18.6. The molecule has 2 heterocycles. The average molecular weight is 462 g/mol. The molecule has 8 heteroatoms. The molecule has 1 aromatic heterocycles. The van der Waals surface area contributed by atoms with Crippen LogP contribution >= 0.6 is 23.2 Å². The maximum atomic E-state index is 12.5. The Hall–Kier alpha value is -2.12. The van der Waals surface area contributed by atoms with E-state index in [4.69, 9.17) is 23.2 Å². The van der Waals surface area contributed by atoms with Crippen molar-refractivity contribution in [3.8, 4) is 0 Å². The number of hydrogen-bond donors (Lipinski definition) is 0. The Morgan fingerprint density at radius 2 is 1.50 bits per heavy atom. The average Bonchev–Trinajstić information content (AvgIpc) is 2.68. The van der Waals surface area contributed by atoms with Crippen molar-refractivity contribution in [2.24, 2.45) is 0 Å². The SMILES string of the molecule is CS(=O)(=O)N(c1cccnc1)C1CN(C(c2ccc(Cl)cc2)c2ccc(Cl)cc2)C1. The highest BCUT2D eigenvalue weighted by Crippen LogP contribution is 2.36. The molecule has 2 aromatic carbocycles. The number of halogens is 2. The van der Waals surface area contributed by atoms with E-state index in [1.165, 1.54) is 10.6 Å². The third-order valence-corrected chi connectivity index (χ3v) is 6.94. The summed E-state index contributed by atoms with van der Waals surface area (Å²) in [5.74, 6) is 0. The molecule has 0 unspecified atom stereocenters. The maximum absolute atomic E-state index is 12.5. The first-order chi connectivity index (χ1) is 14.3. The number of sulfonamides is 1. The first-order valence-corrected chi connectivity index (χ1v) is 12.1. The molecule has 156 valence electrons. The predicted octanol–water partition coefficient (Wildman–Crippen LogP) is 4.63. The van der Waals surface area contributed by atoms with E-state index in [-0.39, 0.29) is 12.1 Å². The van der Waals surface area contributed by atoms with E-state index in [9.17, 15) is 8.42 Å². The van der Waals surface area contributed by atoms with Gasteiger partial charge in [-0.25, -0.2) is 8.42 Å². The highest BCUT2D eigenvalue weighted by molar-refractivity contribution is 7.92. The standard InChI is InChI=1S/C22H21Cl2N3O2S/c1-30(28,29)27(20-3-2-12-25-13-20)21-14-26(15-21)22(16-4-8-18(23)9-5-16)17-6-10-19(24)11-7-17/h2-13,21-22H,14-15H2,1H3. The number of hydrogen-bond acceptors (Lipinski definition) is 4. The van der Waals surface area contributed by atoms with Crippen molar-refractivity contribution < 1.29 is 8.42 Å². The number of rotatable bonds is 6. The molecule has 0 N–H and O–H groups in total. The monoisotopic (exact) mass is 461 g/mol. The summed E-state index contributed by atoms with van der Waals surface area (Å²) in [5, 5.41) is 1.35. The van der Waals surface area contributed by atoms with Crippen LogP contribution in [-0.4, -0.2) is 43.7 Å². The first kappa shape index (κ1) is 21.1. The van der Waals surface area contributed by atoms with E-state index in [1.807, 2.05) is 48.5 Å². The molecule has 5 nitrogen and oxygen atoms in total. The Morgan fingerprint density at radius 3 is 1.93 bits per heavy atom. The van der Waals surface area contributed by atoms with Gasteiger partial charge in [0.1, 0.15) is 0 Å². The summed E-state index contributed by atoms with van der Waals surface area (Å²) in [4.78, 5) is 6.34. The molecule has 3 aromatic rings. The van der Waals surface area contributed by atoms with E-state index in [0.29, 0.717) is 28.8 Å². The van der Waals surface area contributed by atoms with Gasteiger partial charge in [-0.15, -0.1) is 0 Å². The zero-order chi connectivity index (χ0) is 21.3. The van der Waals surface area contributed by atoms with Gasteiger partial charge in [-0.05, 0) is 47.5 Å². The molecule has 0 atom stereocenters. The molecular weight excluding hydrogens is 441 g/mol. The van der Waals surface area contributed by atoms with Crippen LogP contribution < -0.4 is 4.31 Å².